The molecule has 4 nitrogen and oxygen atoms in total. The minimum absolute atomic E-state index is 0.0732. The summed E-state index contributed by atoms with van der Waals surface area (Å²) >= 11 is 0. The number of halogens is 2. The molecule has 22 heavy (non-hydrogen) atoms. The van der Waals surface area contributed by atoms with Gasteiger partial charge in [0.05, 0.1) is 5.75 Å². The second-order valence-corrected chi connectivity index (χ2v) is 7.77. The average molecular weight is 326 g/mol. The molecule has 0 radical (unpaired) electrons. The van der Waals surface area contributed by atoms with Crippen LogP contribution in [0.2, 0.25) is 0 Å². The van der Waals surface area contributed by atoms with E-state index in [4.69, 9.17) is 0 Å². The summed E-state index contributed by atoms with van der Waals surface area (Å²) in [7, 11) is -3.42. The normalized spacial score (nSPS) is 16.8. The van der Waals surface area contributed by atoms with E-state index in [1.54, 1.807) is 0 Å². The Hall–Kier alpha value is -1.76. The number of rotatable bonds is 2. The number of hydrogen-bond acceptors (Lipinski definition) is 3. The van der Waals surface area contributed by atoms with Crippen LogP contribution in [-0.4, -0.2) is 24.0 Å². The summed E-state index contributed by atoms with van der Waals surface area (Å²) in [5, 5.41) is 4.48. The maximum Gasteiger partial charge on any atom is 0.195 e. The third-order valence-corrected chi connectivity index (χ3v) is 5.63. The van der Waals surface area contributed by atoms with Crippen molar-refractivity contribution in [2.45, 2.75) is 37.8 Å². The van der Waals surface area contributed by atoms with Gasteiger partial charge in [0.25, 0.3) is 0 Å². The van der Waals surface area contributed by atoms with Crippen molar-refractivity contribution >= 4 is 9.84 Å². The first kappa shape index (κ1) is 15.1. The van der Waals surface area contributed by atoms with Crippen molar-refractivity contribution in [2.75, 3.05) is 5.75 Å². The lowest BCUT2D eigenvalue weighted by atomic mass is 9.99. The van der Waals surface area contributed by atoms with Gasteiger partial charge in [0.2, 0.25) is 0 Å². The van der Waals surface area contributed by atoms with Gasteiger partial charge in [0, 0.05) is 23.7 Å². The van der Waals surface area contributed by atoms with Crippen LogP contribution in [0, 0.1) is 11.6 Å². The SMILES string of the molecule is CC(C)c1c(-c2ccc(F)cc2F)nn2c1S(=O)(=O)CCC2. The minimum Gasteiger partial charge on any atom is -0.253 e. The van der Waals surface area contributed by atoms with Crippen molar-refractivity contribution in [2.24, 2.45) is 0 Å². The molecule has 0 saturated carbocycles. The fourth-order valence-electron chi connectivity index (χ4n) is 2.84. The van der Waals surface area contributed by atoms with E-state index in [2.05, 4.69) is 5.10 Å². The summed E-state index contributed by atoms with van der Waals surface area (Å²) in [6.45, 7) is 4.16. The van der Waals surface area contributed by atoms with Gasteiger partial charge < -0.3 is 0 Å². The van der Waals surface area contributed by atoms with Crippen LogP contribution in [0.5, 0.6) is 0 Å². The van der Waals surface area contributed by atoms with Gasteiger partial charge in [-0.2, -0.15) is 5.10 Å². The molecule has 1 aromatic carbocycles. The number of benzene rings is 1. The minimum atomic E-state index is -3.42. The molecule has 1 aromatic heterocycles. The Labute approximate surface area is 127 Å². The van der Waals surface area contributed by atoms with E-state index in [0.717, 1.165) is 12.1 Å². The highest BCUT2D eigenvalue weighted by Gasteiger charge is 2.33. The molecule has 1 aliphatic rings. The van der Waals surface area contributed by atoms with E-state index in [1.807, 2.05) is 13.8 Å². The van der Waals surface area contributed by atoms with Crippen LogP contribution in [0.15, 0.2) is 23.2 Å². The van der Waals surface area contributed by atoms with E-state index < -0.39 is 21.5 Å². The number of sulfone groups is 1. The zero-order valence-corrected chi connectivity index (χ0v) is 13.1. The lowest BCUT2D eigenvalue weighted by Gasteiger charge is -2.16. The van der Waals surface area contributed by atoms with Crippen LogP contribution in [0.3, 0.4) is 0 Å². The highest BCUT2D eigenvalue weighted by Crippen LogP contribution is 2.37. The topological polar surface area (TPSA) is 52.0 Å². The highest BCUT2D eigenvalue weighted by molar-refractivity contribution is 7.91. The Balaban J connectivity index is 2.32. The van der Waals surface area contributed by atoms with Crippen LogP contribution in [-0.2, 0) is 16.4 Å². The summed E-state index contributed by atoms with van der Waals surface area (Å²) < 4.78 is 53.4. The number of hydrogen-bond donors (Lipinski definition) is 0. The molecule has 0 atom stereocenters. The van der Waals surface area contributed by atoms with Crippen LogP contribution >= 0.6 is 0 Å². The van der Waals surface area contributed by atoms with E-state index in [9.17, 15) is 17.2 Å². The van der Waals surface area contributed by atoms with Gasteiger partial charge in [-0.15, -0.1) is 0 Å². The van der Waals surface area contributed by atoms with Gasteiger partial charge >= 0.3 is 0 Å². The maximum absolute atomic E-state index is 14.1. The number of aromatic nitrogens is 2. The second kappa shape index (κ2) is 5.15. The molecule has 7 heteroatoms. The average Bonchev–Trinajstić information content (AvgIpc) is 2.79. The number of fused-ring (bicyclic) bond motifs is 1. The summed E-state index contributed by atoms with van der Waals surface area (Å²) in [6.07, 6.45) is 0.486. The molecule has 2 heterocycles. The van der Waals surface area contributed by atoms with Gasteiger partial charge in [0.1, 0.15) is 17.3 Å². The van der Waals surface area contributed by atoms with E-state index in [1.165, 1.54) is 10.7 Å². The Morgan fingerprint density at radius 1 is 1.27 bits per heavy atom. The molecule has 118 valence electrons. The molecule has 0 saturated heterocycles. The fraction of sp³-hybridized carbons (Fsp3) is 0.400. The van der Waals surface area contributed by atoms with Gasteiger partial charge in [-0.25, -0.2) is 17.2 Å². The van der Waals surface area contributed by atoms with Gasteiger partial charge in [-0.1, -0.05) is 13.8 Å². The number of aryl methyl sites for hydroxylation is 1. The van der Waals surface area contributed by atoms with Crippen LogP contribution in [0.25, 0.3) is 11.3 Å². The van der Waals surface area contributed by atoms with Gasteiger partial charge in [0.15, 0.2) is 14.9 Å². The summed E-state index contributed by atoms with van der Waals surface area (Å²) in [5.41, 5.74) is 0.917. The molecule has 0 unspecified atom stereocenters. The zero-order chi connectivity index (χ0) is 16.1. The fourth-order valence-corrected chi connectivity index (χ4v) is 4.66. The lowest BCUT2D eigenvalue weighted by molar-refractivity contribution is 0.498. The summed E-state index contributed by atoms with van der Waals surface area (Å²) in [6, 6.07) is 3.24. The monoisotopic (exact) mass is 326 g/mol. The van der Waals surface area contributed by atoms with Crippen molar-refractivity contribution in [3.05, 3.63) is 35.4 Å². The molecule has 0 spiro atoms. The molecule has 3 rings (SSSR count). The van der Waals surface area contributed by atoms with Crippen molar-refractivity contribution in [1.82, 2.24) is 9.78 Å². The zero-order valence-electron chi connectivity index (χ0n) is 12.3. The largest absolute Gasteiger partial charge is 0.253 e. The van der Waals surface area contributed by atoms with Crippen LogP contribution in [0.1, 0.15) is 31.7 Å². The van der Waals surface area contributed by atoms with Gasteiger partial charge in [-0.3, -0.25) is 4.68 Å². The van der Waals surface area contributed by atoms with Crippen LogP contribution in [0.4, 0.5) is 8.78 Å². The Kier molecular flexibility index (Phi) is 3.55. The van der Waals surface area contributed by atoms with Crippen LogP contribution < -0.4 is 0 Å². The molecule has 0 bridgehead atoms. The first-order valence-corrected chi connectivity index (χ1v) is 8.75. The molecule has 0 amide bonds. The standard InChI is InChI=1S/C15H16F2N2O2S/c1-9(2)13-14(11-5-4-10(16)8-12(11)17)18-19-6-3-7-22(20,21)15(13)19/h4-5,8-9H,3,6-7H2,1-2H3. The molecular formula is C15H16F2N2O2S. The van der Waals surface area contributed by atoms with Crippen molar-refractivity contribution in [3.8, 4) is 11.3 Å². The van der Waals surface area contributed by atoms with Gasteiger partial charge in [-0.05, 0) is 24.5 Å². The van der Waals surface area contributed by atoms with E-state index in [0.29, 0.717) is 18.5 Å². The number of nitrogens with zero attached hydrogens (tertiary/aromatic N) is 2. The Bertz CT molecular complexity index is 841. The molecule has 0 fully saturated rings. The maximum atomic E-state index is 14.1. The van der Waals surface area contributed by atoms with Crippen molar-refractivity contribution in [3.63, 3.8) is 0 Å². The van der Waals surface area contributed by atoms with Crippen molar-refractivity contribution < 1.29 is 17.2 Å². The third kappa shape index (κ3) is 2.33. The predicted octanol–water partition coefficient (Wildman–Crippen LogP) is 3.13. The van der Waals surface area contributed by atoms with E-state index in [-0.39, 0.29) is 28.0 Å². The smallest absolute Gasteiger partial charge is 0.195 e. The Morgan fingerprint density at radius 3 is 2.64 bits per heavy atom. The quantitative estimate of drug-likeness (QED) is 0.852. The summed E-state index contributed by atoms with van der Waals surface area (Å²) in [4.78, 5) is 0. The molecule has 2 aromatic rings. The first-order valence-electron chi connectivity index (χ1n) is 7.10. The third-order valence-electron chi connectivity index (χ3n) is 3.78. The molecule has 0 aliphatic carbocycles. The van der Waals surface area contributed by atoms with Crippen molar-refractivity contribution in [1.29, 1.82) is 0 Å². The first-order chi connectivity index (χ1) is 10.3. The molecule has 1 aliphatic heterocycles. The molecule has 0 N–H and O–H groups in total. The second-order valence-electron chi connectivity index (χ2n) is 5.74. The predicted molar refractivity (Wildman–Crippen MR) is 78.3 cm³/mol. The summed E-state index contributed by atoms with van der Waals surface area (Å²) in [5.74, 6) is -1.49. The lowest BCUT2D eigenvalue weighted by Crippen LogP contribution is -2.22. The van der Waals surface area contributed by atoms with E-state index >= 15 is 0 Å². The highest BCUT2D eigenvalue weighted by atomic mass is 32.2. The Morgan fingerprint density at radius 2 is 2.00 bits per heavy atom. The molecular weight excluding hydrogens is 310 g/mol.